The van der Waals surface area contributed by atoms with E-state index in [0.29, 0.717) is 0 Å². The normalized spacial score (nSPS) is 26.8. The maximum atomic E-state index is 13.0. The van der Waals surface area contributed by atoms with Crippen molar-refractivity contribution in [3.8, 4) is 0 Å². The number of rotatable bonds is 2. The smallest absolute Gasteiger partial charge is 0.253 e. The third-order valence-electron chi connectivity index (χ3n) is 4.54. The van der Waals surface area contributed by atoms with Crippen LogP contribution in [0.5, 0.6) is 0 Å². The van der Waals surface area contributed by atoms with E-state index >= 15 is 0 Å². The minimum atomic E-state index is -0.460. The Morgan fingerprint density at radius 2 is 1.85 bits per heavy atom. The molecule has 110 valence electrons. The average molecular weight is 299 g/mol. The zero-order chi connectivity index (χ0) is 15.3. The molecule has 1 fully saturated rings. The Labute approximate surface area is 123 Å². The molecule has 0 aliphatic heterocycles. The van der Waals surface area contributed by atoms with Crippen LogP contribution < -0.4 is 11.1 Å². The molecule has 0 saturated heterocycles. The van der Waals surface area contributed by atoms with Crippen LogP contribution in [-0.4, -0.2) is 18.0 Å². The molecule has 3 nitrogen and oxygen atoms in total. The van der Waals surface area contributed by atoms with Gasteiger partial charge in [-0.2, -0.15) is 0 Å². The van der Waals surface area contributed by atoms with Crippen molar-refractivity contribution >= 4 is 17.5 Å². The summed E-state index contributed by atoms with van der Waals surface area (Å²) >= 11 is 5.91. The van der Waals surface area contributed by atoms with Crippen molar-refractivity contribution in [2.24, 2.45) is 16.6 Å². The minimum Gasteiger partial charge on any atom is -0.348 e. The number of nitrogens with one attached hydrogen (secondary N) is 1. The van der Waals surface area contributed by atoms with Crippen LogP contribution in [0.3, 0.4) is 0 Å². The van der Waals surface area contributed by atoms with Crippen LogP contribution in [-0.2, 0) is 0 Å². The van der Waals surface area contributed by atoms with Gasteiger partial charge in [0.25, 0.3) is 5.91 Å². The summed E-state index contributed by atoms with van der Waals surface area (Å²) in [6.45, 7) is 8.11. The van der Waals surface area contributed by atoms with Gasteiger partial charge in [-0.25, -0.2) is 4.39 Å². The zero-order valence-electron chi connectivity index (χ0n) is 12.1. The summed E-state index contributed by atoms with van der Waals surface area (Å²) in [5.41, 5.74) is 6.06. The molecule has 0 bridgehead atoms. The van der Waals surface area contributed by atoms with Crippen molar-refractivity contribution in [1.29, 1.82) is 0 Å². The highest BCUT2D eigenvalue weighted by atomic mass is 35.5. The van der Waals surface area contributed by atoms with E-state index in [0.717, 1.165) is 6.07 Å². The third kappa shape index (κ3) is 2.21. The van der Waals surface area contributed by atoms with E-state index in [-0.39, 0.29) is 39.4 Å². The molecule has 0 aromatic heterocycles. The van der Waals surface area contributed by atoms with Crippen molar-refractivity contribution in [3.63, 3.8) is 0 Å². The lowest BCUT2D eigenvalue weighted by atomic mass is 9.48. The summed E-state index contributed by atoms with van der Waals surface area (Å²) < 4.78 is 13.0. The second-order valence-corrected chi connectivity index (χ2v) is 7.06. The Bertz CT molecular complexity index is 541. The van der Waals surface area contributed by atoms with Crippen molar-refractivity contribution in [3.05, 3.63) is 34.6 Å². The Hall–Kier alpha value is -1.13. The number of halogens is 2. The van der Waals surface area contributed by atoms with E-state index in [2.05, 4.69) is 5.32 Å². The van der Waals surface area contributed by atoms with E-state index in [4.69, 9.17) is 17.3 Å². The number of hydrogen-bond donors (Lipinski definition) is 2. The second kappa shape index (κ2) is 4.71. The van der Waals surface area contributed by atoms with Gasteiger partial charge in [0.2, 0.25) is 0 Å². The quantitative estimate of drug-likeness (QED) is 0.882. The fourth-order valence-corrected chi connectivity index (χ4v) is 3.69. The molecular formula is C15H20ClFN2O. The first-order valence-electron chi connectivity index (χ1n) is 6.60. The molecule has 0 heterocycles. The first-order valence-corrected chi connectivity index (χ1v) is 6.97. The first kappa shape index (κ1) is 15.3. The van der Waals surface area contributed by atoms with Crippen LogP contribution in [0.15, 0.2) is 18.2 Å². The van der Waals surface area contributed by atoms with E-state index in [1.165, 1.54) is 12.1 Å². The maximum absolute atomic E-state index is 13.0. The van der Waals surface area contributed by atoms with Crippen LogP contribution >= 0.6 is 11.6 Å². The van der Waals surface area contributed by atoms with Gasteiger partial charge in [0.05, 0.1) is 10.6 Å². The summed E-state index contributed by atoms with van der Waals surface area (Å²) in [7, 11) is 0. The Morgan fingerprint density at radius 3 is 2.35 bits per heavy atom. The molecule has 1 saturated carbocycles. The fourth-order valence-electron chi connectivity index (χ4n) is 3.43. The Kier molecular flexibility index (Phi) is 3.59. The van der Waals surface area contributed by atoms with Crippen molar-refractivity contribution in [2.75, 3.05) is 0 Å². The number of benzene rings is 1. The Balaban J connectivity index is 2.20. The van der Waals surface area contributed by atoms with Gasteiger partial charge in [-0.15, -0.1) is 0 Å². The predicted molar refractivity (Wildman–Crippen MR) is 78.2 cm³/mol. The number of carbonyl (C=O) groups excluding carboxylic acids is 1. The molecule has 1 aliphatic carbocycles. The summed E-state index contributed by atoms with van der Waals surface area (Å²) in [6.07, 6.45) is 0. The maximum Gasteiger partial charge on any atom is 0.253 e. The lowest BCUT2D eigenvalue weighted by Gasteiger charge is -2.62. The van der Waals surface area contributed by atoms with E-state index in [9.17, 15) is 9.18 Å². The molecule has 3 N–H and O–H groups in total. The largest absolute Gasteiger partial charge is 0.348 e. The molecule has 1 aliphatic rings. The lowest BCUT2D eigenvalue weighted by Crippen LogP contribution is -2.76. The average Bonchev–Trinajstić information content (AvgIpc) is 2.34. The van der Waals surface area contributed by atoms with Crippen molar-refractivity contribution in [2.45, 2.75) is 39.8 Å². The topological polar surface area (TPSA) is 55.1 Å². The van der Waals surface area contributed by atoms with Crippen molar-refractivity contribution in [1.82, 2.24) is 5.32 Å². The summed E-state index contributed by atoms with van der Waals surface area (Å²) in [4.78, 5) is 12.3. The van der Waals surface area contributed by atoms with Crippen molar-refractivity contribution < 1.29 is 9.18 Å². The van der Waals surface area contributed by atoms with Gasteiger partial charge in [0.15, 0.2) is 0 Å². The van der Waals surface area contributed by atoms with E-state index in [1.54, 1.807) is 0 Å². The molecule has 1 amide bonds. The van der Waals surface area contributed by atoms with Crippen LogP contribution in [0.25, 0.3) is 0 Å². The molecular weight excluding hydrogens is 279 g/mol. The van der Waals surface area contributed by atoms with Gasteiger partial charge in [0, 0.05) is 22.9 Å². The summed E-state index contributed by atoms with van der Waals surface area (Å²) in [6, 6.07) is 3.71. The molecule has 0 spiro atoms. The molecule has 1 aromatic rings. The molecule has 2 rings (SSSR count). The third-order valence-corrected chi connectivity index (χ3v) is 4.86. The van der Waals surface area contributed by atoms with E-state index < -0.39 is 5.82 Å². The van der Waals surface area contributed by atoms with Crippen LogP contribution in [0, 0.1) is 16.6 Å². The van der Waals surface area contributed by atoms with Gasteiger partial charge in [-0.1, -0.05) is 39.3 Å². The number of amides is 1. The van der Waals surface area contributed by atoms with Crippen LogP contribution in [0.1, 0.15) is 38.1 Å². The Morgan fingerprint density at radius 1 is 1.30 bits per heavy atom. The van der Waals surface area contributed by atoms with Crippen LogP contribution in [0.2, 0.25) is 5.02 Å². The van der Waals surface area contributed by atoms with Crippen LogP contribution in [0.4, 0.5) is 4.39 Å². The highest BCUT2D eigenvalue weighted by Crippen LogP contribution is 2.52. The molecule has 0 unspecified atom stereocenters. The number of hydrogen-bond acceptors (Lipinski definition) is 2. The fraction of sp³-hybridized carbons (Fsp3) is 0.533. The lowest BCUT2D eigenvalue weighted by molar-refractivity contribution is -0.0663. The zero-order valence-corrected chi connectivity index (χ0v) is 12.9. The monoisotopic (exact) mass is 298 g/mol. The highest BCUT2D eigenvalue weighted by molar-refractivity contribution is 6.33. The van der Waals surface area contributed by atoms with Gasteiger partial charge >= 0.3 is 0 Å². The minimum absolute atomic E-state index is 0.00369. The number of carbonyl (C=O) groups is 1. The molecule has 0 radical (unpaired) electrons. The van der Waals surface area contributed by atoms with E-state index in [1.807, 2.05) is 27.7 Å². The molecule has 5 heteroatoms. The summed E-state index contributed by atoms with van der Waals surface area (Å²) in [5, 5.41) is 3.09. The highest BCUT2D eigenvalue weighted by Gasteiger charge is 2.60. The van der Waals surface area contributed by atoms with Gasteiger partial charge in [-0.05, 0) is 18.2 Å². The summed E-state index contributed by atoms with van der Waals surface area (Å²) in [5.74, 6) is -0.758. The SMILES string of the molecule is CC1(C)C(N)C(C)(C)C1NC(=O)c1ccc(F)cc1Cl. The first-order chi connectivity index (χ1) is 9.08. The molecule has 0 atom stereocenters. The molecule has 1 aromatic carbocycles. The molecule has 20 heavy (non-hydrogen) atoms. The van der Waals surface area contributed by atoms with Gasteiger partial charge in [0.1, 0.15) is 5.82 Å². The predicted octanol–water partition coefficient (Wildman–Crippen LogP) is 2.97. The standard InChI is InChI=1S/C15H20ClFN2O/c1-14(2)12(18)15(3,4)13(14)19-11(20)9-6-5-8(17)7-10(9)16/h5-7,12-13H,18H2,1-4H3,(H,19,20). The number of nitrogens with two attached hydrogens (primary N) is 1. The van der Waals surface area contributed by atoms with Gasteiger partial charge in [-0.3, -0.25) is 4.79 Å². The van der Waals surface area contributed by atoms with Gasteiger partial charge < -0.3 is 11.1 Å². The second-order valence-electron chi connectivity index (χ2n) is 6.65.